The van der Waals surface area contributed by atoms with Crippen molar-refractivity contribution in [2.24, 2.45) is 17.6 Å². The number of primary amides is 1. The Kier molecular flexibility index (Phi) is 6.41. The Labute approximate surface area is 218 Å². The molecule has 0 spiro atoms. The van der Waals surface area contributed by atoms with E-state index < -0.39 is 75.2 Å². The molecule has 0 aliphatic heterocycles. The minimum atomic E-state index is -2.71. The number of aliphatic hydroxyl groups excluding tert-OH is 2. The first-order valence-corrected chi connectivity index (χ1v) is 12.1. The Bertz CT molecular complexity index is 1340. The van der Waals surface area contributed by atoms with E-state index in [1.165, 1.54) is 11.0 Å². The Morgan fingerprint density at radius 1 is 1.16 bits per heavy atom. The normalized spacial score (nSPS) is 27.2. The topological polar surface area (TPSA) is 203 Å². The summed E-state index contributed by atoms with van der Waals surface area (Å²) in [7, 11) is 4.73. The fourth-order valence-corrected chi connectivity index (χ4v) is 5.72. The van der Waals surface area contributed by atoms with E-state index in [0.29, 0.717) is 5.56 Å². The van der Waals surface area contributed by atoms with Gasteiger partial charge >= 0.3 is 0 Å². The van der Waals surface area contributed by atoms with E-state index in [0.717, 1.165) is 0 Å². The molecule has 12 nitrogen and oxygen atoms in total. The molecule has 3 aliphatic carbocycles. The highest BCUT2D eigenvalue weighted by Crippen LogP contribution is 2.52. The summed E-state index contributed by atoms with van der Waals surface area (Å²) in [4.78, 5) is 53.2. The molecule has 0 heterocycles. The highest BCUT2D eigenvalue weighted by atomic mass is 16.3. The summed E-state index contributed by atoms with van der Waals surface area (Å²) in [5, 5.41) is 50.1. The number of carbonyl (C=O) groups excluding carboxylic acids is 4. The number of carbonyl (C=O) groups is 4. The summed E-state index contributed by atoms with van der Waals surface area (Å²) in [6.45, 7) is 3.26. The number of fused-ring (bicyclic) bond motifs is 3. The van der Waals surface area contributed by atoms with Crippen LogP contribution in [-0.4, -0.2) is 87.0 Å². The zero-order chi connectivity index (χ0) is 28.5. The fourth-order valence-electron chi connectivity index (χ4n) is 5.72. The predicted octanol–water partition coefficient (Wildman–Crippen LogP) is 0.0571. The van der Waals surface area contributed by atoms with Crippen LogP contribution in [0.3, 0.4) is 0 Å². The second-order valence-electron chi connectivity index (χ2n) is 10.8. The Balaban J connectivity index is 1.85. The number of phenolic OH excluding ortho intramolecular Hbond substituents is 1. The standard InChI is InChI=1S/C26H32N4O8/c1-25(2,28-3)24(37)29-13-7-6-10-8-11-9-12-17(30(4)5)20(33)16(23(27)36)22(35)26(12,38)21(34)15(11)19(32)14(10)18(13)31/h6-7,11-12,17,28,31,33-34,38H,8-9H2,1-5H3,(H2,27,36)(H,29,37)/t11?,12?,17-,26-/m0/s1. The average molecular weight is 529 g/mol. The monoisotopic (exact) mass is 528 g/mol. The van der Waals surface area contributed by atoms with Crippen LogP contribution in [0.4, 0.5) is 5.69 Å². The number of phenols is 1. The number of nitrogens with two attached hydrogens (primary N) is 1. The summed E-state index contributed by atoms with van der Waals surface area (Å²) < 4.78 is 0. The number of allylic oxidation sites excluding steroid dienone is 1. The third kappa shape index (κ3) is 3.70. The minimum absolute atomic E-state index is 0.00136. The number of Topliss-reactive ketones (excluding diaryl/α,β-unsaturated/α-hetero) is 2. The van der Waals surface area contributed by atoms with Crippen LogP contribution in [0, 0.1) is 11.8 Å². The number of nitrogens with one attached hydrogen (secondary N) is 2. The van der Waals surface area contributed by atoms with Crippen molar-refractivity contribution in [1.29, 1.82) is 0 Å². The lowest BCUT2D eigenvalue weighted by molar-refractivity contribution is -0.148. The zero-order valence-corrected chi connectivity index (χ0v) is 21.7. The molecule has 4 atom stereocenters. The smallest absolute Gasteiger partial charge is 0.255 e. The van der Waals surface area contributed by atoms with Gasteiger partial charge in [0.2, 0.25) is 11.7 Å². The number of nitrogens with zero attached hydrogens (tertiary/aromatic N) is 1. The molecule has 1 aromatic carbocycles. The van der Waals surface area contributed by atoms with Crippen molar-refractivity contribution in [3.05, 3.63) is 45.9 Å². The Hall–Kier alpha value is -3.74. The molecule has 8 N–H and O–H groups in total. The molecule has 0 fully saturated rings. The largest absolute Gasteiger partial charge is 0.510 e. The van der Waals surface area contributed by atoms with Crippen LogP contribution < -0.4 is 16.4 Å². The van der Waals surface area contributed by atoms with E-state index in [-0.39, 0.29) is 29.7 Å². The van der Waals surface area contributed by atoms with Gasteiger partial charge in [-0.2, -0.15) is 0 Å². The molecule has 2 unspecified atom stereocenters. The number of aromatic hydroxyl groups is 1. The number of benzene rings is 1. The summed E-state index contributed by atoms with van der Waals surface area (Å²) in [6, 6.07) is 2.00. The maximum absolute atomic E-state index is 13.7. The van der Waals surface area contributed by atoms with Crippen LogP contribution >= 0.6 is 0 Å². The molecule has 0 saturated heterocycles. The molecule has 0 saturated carbocycles. The van der Waals surface area contributed by atoms with Crippen LogP contribution in [0.25, 0.3) is 0 Å². The number of ketones is 2. The van der Waals surface area contributed by atoms with Gasteiger partial charge in [-0.05, 0) is 65.4 Å². The lowest BCUT2D eigenvalue weighted by Gasteiger charge is -2.50. The number of amides is 2. The molecule has 0 radical (unpaired) electrons. The fraction of sp³-hybridized carbons (Fsp3) is 0.462. The van der Waals surface area contributed by atoms with Gasteiger partial charge in [-0.3, -0.25) is 24.1 Å². The zero-order valence-electron chi connectivity index (χ0n) is 21.7. The van der Waals surface area contributed by atoms with E-state index >= 15 is 0 Å². The molecule has 0 aromatic heterocycles. The summed E-state index contributed by atoms with van der Waals surface area (Å²) in [6.07, 6.45) is 0.166. The van der Waals surface area contributed by atoms with E-state index in [1.807, 2.05) is 0 Å². The molecule has 12 heteroatoms. The van der Waals surface area contributed by atoms with E-state index in [4.69, 9.17) is 5.73 Å². The van der Waals surface area contributed by atoms with Crippen LogP contribution in [0.2, 0.25) is 0 Å². The van der Waals surface area contributed by atoms with Crippen molar-refractivity contribution in [3.63, 3.8) is 0 Å². The molecule has 204 valence electrons. The van der Waals surface area contributed by atoms with Crippen molar-refractivity contribution < 1.29 is 39.6 Å². The van der Waals surface area contributed by atoms with E-state index in [1.54, 1.807) is 41.1 Å². The van der Waals surface area contributed by atoms with E-state index in [2.05, 4.69) is 10.6 Å². The number of anilines is 1. The molecular formula is C26H32N4O8. The first-order chi connectivity index (χ1) is 17.6. The molecule has 0 bridgehead atoms. The van der Waals surface area contributed by atoms with Crippen molar-refractivity contribution in [2.45, 2.75) is 43.9 Å². The van der Waals surface area contributed by atoms with Gasteiger partial charge in [-0.15, -0.1) is 0 Å². The number of aliphatic hydroxyl groups is 3. The quantitative estimate of drug-likeness (QED) is 0.202. The first-order valence-electron chi connectivity index (χ1n) is 12.1. The summed E-state index contributed by atoms with van der Waals surface area (Å²) >= 11 is 0. The van der Waals surface area contributed by atoms with Gasteiger partial charge in [0.05, 0.1) is 22.8 Å². The molecule has 1 aromatic rings. The SMILES string of the molecule is CNC(C)(C)C(=O)Nc1ccc2c(c1O)C(=O)C1=C(O)[C@]3(O)C(=O)C(C(N)=O)=C(O)[C@@H](N(C)C)C3CC1C2. The minimum Gasteiger partial charge on any atom is -0.510 e. The van der Waals surface area contributed by atoms with Crippen LogP contribution in [0.1, 0.15) is 36.2 Å². The van der Waals surface area contributed by atoms with Crippen molar-refractivity contribution >= 4 is 29.1 Å². The van der Waals surface area contributed by atoms with Crippen LogP contribution in [-0.2, 0) is 20.8 Å². The summed E-state index contributed by atoms with van der Waals surface area (Å²) in [5.74, 6) is -7.71. The molecule has 3 aliphatic rings. The third-order valence-corrected chi connectivity index (χ3v) is 8.04. The number of hydrogen-bond acceptors (Lipinski definition) is 10. The third-order valence-electron chi connectivity index (χ3n) is 8.04. The van der Waals surface area contributed by atoms with Crippen molar-refractivity contribution in [2.75, 3.05) is 26.5 Å². The van der Waals surface area contributed by atoms with Gasteiger partial charge in [0.25, 0.3) is 5.91 Å². The summed E-state index contributed by atoms with van der Waals surface area (Å²) in [5.41, 5.74) is 0.764. The highest BCUT2D eigenvalue weighted by molar-refractivity contribution is 6.25. The molecule has 2 amide bonds. The average Bonchev–Trinajstić information content (AvgIpc) is 2.82. The predicted molar refractivity (Wildman–Crippen MR) is 135 cm³/mol. The second kappa shape index (κ2) is 8.93. The first kappa shape index (κ1) is 27.3. The van der Waals surface area contributed by atoms with Gasteiger partial charge in [-0.1, -0.05) is 6.07 Å². The van der Waals surface area contributed by atoms with Crippen LogP contribution in [0.5, 0.6) is 5.75 Å². The number of likely N-dealkylation sites (N-methyl/N-ethyl adjacent to an activating group) is 2. The van der Waals surface area contributed by atoms with Crippen molar-refractivity contribution in [1.82, 2.24) is 10.2 Å². The molecular weight excluding hydrogens is 496 g/mol. The maximum atomic E-state index is 13.7. The van der Waals surface area contributed by atoms with E-state index in [9.17, 15) is 39.6 Å². The highest BCUT2D eigenvalue weighted by Gasteiger charge is 2.63. The van der Waals surface area contributed by atoms with Gasteiger partial charge in [0.15, 0.2) is 17.1 Å². The maximum Gasteiger partial charge on any atom is 0.255 e. The lowest BCUT2D eigenvalue weighted by atomic mass is 9.58. The van der Waals surface area contributed by atoms with Gasteiger partial charge in [-0.25, -0.2) is 0 Å². The Morgan fingerprint density at radius 3 is 2.34 bits per heavy atom. The Morgan fingerprint density at radius 2 is 1.79 bits per heavy atom. The number of rotatable bonds is 5. The second-order valence-corrected chi connectivity index (χ2v) is 10.8. The van der Waals surface area contributed by atoms with Gasteiger partial charge in [0.1, 0.15) is 17.1 Å². The molecule has 4 rings (SSSR count). The van der Waals surface area contributed by atoms with Crippen LogP contribution in [0.15, 0.2) is 34.8 Å². The molecule has 38 heavy (non-hydrogen) atoms. The number of hydrogen-bond donors (Lipinski definition) is 7. The lowest BCUT2D eigenvalue weighted by Crippen LogP contribution is -2.63. The van der Waals surface area contributed by atoms with Crippen molar-refractivity contribution in [3.8, 4) is 5.75 Å². The van der Waals surface area contributed by atoms with Gasteiger partial charge in [0, 0.05) is 11.5 Å². The van der Waals surface area contributed by atoms with Gasteiger partial charge < -0.3 is 36.8 Å².